The molecule has 0 aliphatic carbocycles. The van der Waals surface area contributed by atoms with Crippen molar-refractivity contribution >= 4 is 0 Å². The first-order valence-electron chi connectivity index (χ1n) is 7.20. The number of allylic oxidation sites excluding steroid dienone is 1. The summed E-state index contributed by atoms with van der Waals surface area (Å²) >= 11 is 0. The van der Waals surface area contributed by atoms with Gasteiger partial charge >= 0.3 is 0 Å². The summed E-state index contributed by atoms with van der Waals surface area (Å²) in [6, 6.07) is 4.25. The monoisotopic (exact) mass is 244 g/mol. The van der Waals surface area contributed by atoms with Gasteiger partial charge in [0.15, 0.2) is 0 Å². The molecule has 0 saturated carbocycles. The number of unbranched alkanes of at least 4 members (excludes halogenated alkanes) is 3. The molecule has 0 radical (unpaired) electrons. The molecule has 0 saturated heterocycles. The quantitative estimate of drug-likeness (QED) is 0.561. The summed E-state index contributed by atoms with van der Waals surface area (Å²) < 4.78 is 0. The molecule has 1 aromatic rings. The van der Waals surface area contributed by atoms with Gasteiger partial charge in [0.05, 0.1) is 0 Å². The lowest BCUT2D eigenvalue weighted by Gasteiger charge is -2.26. The average Bonchev–Trinajstić information content (AvgIpc) is 2.42. The van der Waals surface area contributed by atoms with Crippen LogP contribution in [0.25, 0.3) is 0 Å². The molecule has 2 rings (SSSR count). The summed E-state index contributed by atoms with van der Waals surface area (Å²) in [7, 11) is 0. The second-order valence-corrected chi connectivity index (χ2v) is 5.06. The van der Waals surface area contributed by atoms with Crippen LogP contribution in [0.4, 0.5) is 0 Å². The van der Waals surface area contributed by atoms with Gasteiger partial charge in [0.2, 0.25) is 0 Å². The van der Waals surface area contributed by atoms with E-state index in [2.05, 4.69) is 35.0 Å². The molecule has 0 aromatic carbocycles. The fourth-order valence-corrected chi connectivity index (χ4v) is 2.43. The van der Waals surface area contributed by atoms with Crippen molar-refractivity contribution in [1.29, 1.82) is 0 Å². The molecule has 98 valence electrons. The van der Waals surface area contributed by atoms with Crippen LogP contribution in [0.2, 0.25) is 0 Å². The van der Waals surface area contributed by atoms with Crippen LogP contribution < -0.4 is 0 Å². The zero-order valence-electron chi connectivity index (χ0n) is 11.4. The van der Waals surface area contributed by atoms with Crippen LogP contribution in [0.5, 0.6) is 0 Å². The Labute approximate surface area is 111 Å². The van der Waals surface area contributed by atoms with E-state index in [0.29, 0.717) is 0 Å². The summed E-state index contributed by atoms with van der Waals surface area (Å²) in [6.45, 7) is 5.54. The third kappa shape index (κ3) is 3.95. The minimum atomic E-state index is 1.06. The van der Waals surface area contributed by atoms with Crippen molar-refractivity contribution in [2.45, 2.75) is 45.6 Å². The second-order valence-electron chi connectivity index (χ2n) is 5.06. The summed E-state index contributed by atoms with van der Waals surface area (Å²) in [6.07, 6.45) is 12.9. The van der Waals surface area contributed by atoms with Crippen LogP contribution in [0.1, 0.15) is 43.9 Å². The molecule has 0 unspecified atom stereocenters. The van der Waals surface area contributed by atoms with Gasteiger partial charge in [-0.1, -0.05) is 38.0 Å². The minimum absolute atomic E-state index is 1.06. The number of pyridine rings is 1. The molecular formula is C16H24N2. The molecular weight excluding hydrogens is 220 g/mol. The maximum atomic E-state index is 4.44. The zero-order valence-corrected chi connectivity index (χ0v) is 11.4. The van der Waals surface area contributed by atoms with Crippen molar-refractivity contribution in [2.75, 3.05) is 13.1 Å². The highest BCUT2D eigenvalue weighted by atomic mass is 15.1. The van der Waals surface area contributed by atoms with Gasteiger partial charge in [-0.25, -0.2) is 0 Å². The smallest absolute Gasteiger partial charge is 0.0461 e. The minimum Gasteiger partial charge on any atom is -0.295 e. The zero-order chi connectivity index (χ0) is 12.6. The number of aromatic nitrogens is 1. The first-order valence-corrected chi connectivity index (χ1v) is 7.20. The Morgan fingerprint density at radius 1 is 1.33 bits per heavy atom. The van der Waals surface area contributed by atoms with Gasteiger partial charge in [-0.2, -0.15) is 0 Å². The molecule has 1 aromatic heterocycles. The maximum Gasteiger partial charge on any atom is 0.0461 e. The molecule has 18 heavy (non-hydrogen) atoms. The van der Waals surface area contributed by atoms with E-state index in [4.69, 9.17) is 0 Å². The van der Waals surface area contributed by atoms with E-state index in [1.165, 1.54) is 36.9 Å². The second kappa shape index (κ2) is 7.32. The van der Waals surface area contributed by atoms with Crippen LogP contribution >= 0.6 is 0 Å². The molecule has 0 fully saturated rings. The van der Waals surface area contributed by atoms with Crippen LogP contribution in [-0.2, 0) is 13.0 Å². The van der Waals surface area contributed by atoms with E-state index in [0.717, 1.165) is 26.1 Å². The Balaban J connectivity index is 1.73. The van der Waals surface area contributed by atoms with Crippen molar-refractivity contribution in [3.63, 3.8) is 0 Å². The molecule has 1 aliphatic heterocycles. The van der Waals surface area contributed by atoms with Crippen LogP contribution in [0.15, 0.2) is 30.5 Å². The Hall–Kier alpha value is -1.15. The molecule has 2 heterocycles. The topological polar surface area (TPSA) is 16.1 Å². The van der Waals surface area contributed by atoms with Gasteiger partial charge in [-0.05, 0) is 24.5 Å². The molecule has 0 atom stereocenters. The molecule has 2 heteroatoms. The maximum absolute atomic E-state index is 4.44. The molecule has 1 aliphatic rings. The lowest BCUT2D eigenvalue weighted by molar-refractivity contribution is 0.279. The Morgan fingerprint density at radius 3 is 3.17 bits per heavy atom. The van der Waals surface area contributed by atoms with Crippen LogP contribution in [0, 0.1) is 0 Å². The first-order chi connectivity index (χ1) is 8.90. The molecule has 2 nitrogen and oxygen atoms in total. The van der Waals surface area contributed by atoms with Gasteiger partial charge in [0, 0.05) is 37.9 Å². The predicted molar refractivity (Wildman–Crippen MR) is 76.5 cm³/mol. The normalized spacial score (nSPS) is 16.1. The molecule has 0 amide bonds. The van der Waals surface area contributed by atoms with Crippen molar-refractivity contribution in [2.24, 2.45) is 0 Å². The third-order valence-electron chi connectivity index (χ3n) is 3.55. The lowest BCUT2D eigenvalue weighted by atomic mass is 10.1. The van der Waals surface area contributed by atoms with Crippen molar-refractivity contribution < 1.29 is 0 Å². The van der Waals surface area contributed by atoms with E-state index in [1.54, 1.807) is 0 Å². The SMILES string of the molecule is CCCCC/C=C/CN1CCc2ncccc2C1. The first kappa shape index (κ1) is 13.3. The third-order valence-corrected chi connectivity index (χ3v) is 3.55. The largest absolute Gasteiger partial charge is 0.295 e. The number of rotatable bonds is 6. The molecule has 0 bridgehead atoms. The van der Waals surface area contributed by atoms with Crippen molar-refractivity contribution in [1.82, 2.24) is 9.88 Å². The van der Waals surface area contributed by atoms with Crippen LogP contribution in [-0.4, -0.2) is 23.0 Å². The number of hydrogen-bond donors (Lipinski definition) is 0. The van der Waals surface area contributed by atoms with E-state index in [9.17, 15) is 0 Å². The van der Waals surface area contributed by atoms with Gasteiger partial charge < -0.3 is 0 Å². The number of fused-ring (bicyclic) bond motifs is 1. The summed E-state index contributed by atoms with van der Waals surface area (Å²) in [5.41, 5.74) is 2.70. The molecule has 0 N–H and O–H groups in total. The van der Waals surface area contributed by atoms with E-state index < -0.39 is 0 Å². The van der Waals surface area contributed by atoms with E-state index >= 15 is 0 Å². The predicted octanol–water partition coefficient (Wildman–Crippen LogP) is 3.58. The number of hydrogen-bond acceptors (Lipinski definition) is 2. The van der Waals surface area contributed by atoms with Crippen molar-refractivity contribution in [3.05, 3.63) is 41.7 Å². The van der Waals surface area contributed by atoms with E-state index in [-0.39, 0.29) is 0 Å². The van der Waals surface area contributed by atoms with E-state index in [1.807, 2.05) is 12.3 Å². The fraction of sp³-hybridized carbons (Fsp3) is 0.562. The van der Waals surface area contributed by atoms with Crippen molar-refractivity contribution in [3.8, 4) is 0 Å². The highest BCUT2D eigenvalue weighted by molar-refractivity contribution is 5.22. The highest BCUT2D eigenvalue weighted by Crippen LogP contribution is 2.15. The van der Waals surface area contributed by atoms with Gasteiger partial charge in [-0.15, -0.1) is 0 Å². The highest BCUT2D eigenvalue weighted by Gasteiger charge is 2.14. The van der Waals surface area contributed by atoms with Crippen LogP contribution in [0.3, 0.4) is 0 Å². The summed E-state index contributed by atoms with van der Waals surface area (Å²) in [5.74, 6) is 0. The lowest BCUT2D eigenvalue weighted by Crippen LogP contribution is -2.31. The average molecular weight is 244 g/mol. The Morgan fingerprint density at radius 2 is 2.28 bits per heavy atom. The Bertz CT molecular complexity index is 384. The molecule has 0 spiro atoms. The summed E-state index contributed by atoms with van der Waals surface area (Å²) in [4.78, 5) is 6.94. The van der Waals surface area contributed by atoms with Gasteiger partial charge in [0.25, 0.3) is 0 Å². The van der Waals surface area contributed by atoms with Gasteiger partial charge in [-0.3, -0.25) is 9.88 Å². The fourth-order valence-electron chi connectivity index (χ4n) is 2.43. The van der Waals surface area contributed by atoms with Gasteiger partial charge in [0.1, 0.15) is 0 Å². The number of nitrogens with zero attached hydrogens (tertiary/aromatic N) is 2. The standard InChI is InChI=1S/C16H24N2/c1-2-3-4-5-6-7-12-18-13-10-16-15(14-18)9-8-11-17-16/h6-9,11H,2-5,10,12-14H2,1H3/b7-6+. The summed E-state index contributed by atoms with van der Waals surface area (Å²) in [5, 5.41) is 0. The Kier molecular flexibility index (Phi) is 5.40.